The Kier molecular flexibility index (Phi) is 6.90. The van der Waals surface area contributed by atoms with Crippen LogP contribution in [0.25, 0.3) is 0 Å². The van der Waals surface area contributed by atoms with E-state index in [-0.39, 0.29) is 12.0 Å². The number of aryl methyl sites for hydroxylation is 1. The van der Waals surface area contributed by atoms with Crippen LogP contribution in [0.3, 0.4) is 0 Å². The van der Waals surface area contributed by atoms with Crippen LogP contribution in [0.2, 0.25) is 0 Å². The van der Waals surface area contributed by atoms with Gasteiger partial charge in [0.15, 0.2) is 11.9 Å². The molecule has 0 spiro atoms. The third kappa shape index (κ3) is 5.22. The van der Waals surface area contributed by atoms with Gasteiger partial charge < -0.3 is 9.84 Å². The van der Waals surface area contributed by atoms with Gasteiger partial charge in [-0.1, -0.05) is 31.9 Å². The highest BCUT2D eigenvalue weighted by atomic mass is 32.1. The molecule has 34 heavy (non-hydrogen) atoms. The molecule has 1 aromatic carbocycles. The zero-order valence-corrected chi connectivity index (χ0v) is 19.8. The fourth-order valence-electron chi connectivity index (χ4n) is 4.63. The number of cyclic esters (lactones) is 1. The number of Topliss-reactive ketones (excluding diaryl/α,β-unsaturated/α-hetero) is 1. The van der Waals surface area contributed by atoms with E-state index in [9.17, 15) is 27.9 Å². The average molecular weight is 493 g/mol. The van der Waals surface area contributed by atoms with Crippen LogP contribution in [0.1, 0.15) is 59.4 Å². The van der Waals surface area contributed by atoms with Crippen LogP contribution in [-0.2, 0) is 26.9 Å². The number of alkyl halides is 3. The van der Waals surface area contributed by atoms with Crippen LogP contribution in [-0.4, -0.2) is 23.0 Å². The lowest BCUT2D eigenvalue weighted by atomic mass is 9.83. The summed E-state index contributed by atoms with van der Waals surface area (Å²) in [5.41, 5.74) is -0.127. The van der Waals surface area contributed by atoms with Crippen molar-refractivity contribution in [3.63, 3.8) is 0 Å². The first-order valence-corrected chi connectivity index (χ1v) is 12.3. The minimum atomic E-state index is -4.43. The molecule has 4 nitrogen and oxygen atoms in total. The van der Waals surface area contributed by atoms with Crippen LogP contribution >= 0.6 is 11.3 Å². The Hall–Kier alpha value is -2.61. The summed E-state index contributed by atoms with van der Waals surface area (Å²) in [6, 6.07) is 8.63. The van der Waals surface area contributed by atoms with Crippen LogP contribution in [0, 0.1) is 18.8 Å². The predicted molar refractivity (Wildman–Crippen MR) is 123 cm³/mol. The van der Waals surface area contributed by atoms with Gasteiger partial charge in [-0.05, 0) is 61.9 Å². The molecular weight excluding hydrogens is 465 g/mol. The van der Waals surface area contributed by atoms with Crippen molar-refractivity contribution >= 4 is 23.1 Å². The fraction of sp³-hybridized carbons (Fsp3) is 0.462. The summed E-state index contributed by atoms with van der Waals surface area (Å²) < 4.78 is 44.4. The van der Waals surface area contributed by atoms with Crippen molar-refractivity contribution in [3.05, 3.63) is 68.6 Å². The molecule has 1 saturated carbocycles. The lowest BCUT2D eigenvalue weighted by molar-refractivity contribution is -0.158. The van der Waals surface area contributed by atoms with Crippen molar-refractivity contribution < 1.29 is 32.6 Å². The highest BCUT2D eigenvalue weighted by molar-refractivity contribution is 7.12. The standard InChI is InChI=1S/C26H27F3O4S/c1-3-19(20-11-4-14(2)34-20)21-22(30)23(31)24(33-25(21)32)17(12-15-5-6-15)13-16-7-9-18(10-8-16)26(27,28)29/h4,7-11,15,17,19,24,30H,3,5-6,12-13H2,1-2H3. The molecule has 1 aromatic heterocycles. The maximum atomic E-state index is 13.2. The summed E-state index contributed by atoms with van der Waals surface area (Å²) >= 11 is 1.50. The minimum Gasteiger partial charge on any atom is -0.504 e. The van der Waals surface area contributed by atoms with Gasteiger partial charge in [-0.3, -0.25) is 4.79 Å². The molecule has 0 amide bonds. The normalized spacial score (nSPS) is 20.9. The number of carbonyl (C=O) groups is 2. The Bertz CT molecular complexity index is 1100. The van der Waals surface area contributed by atoms with Gasteiger partial charge >= 0.3 is 12.1 Å². The average Bonchev–Trinajstić information content (AvgIpc) is 3.50. The molecule has 2 aliphatic rings. The Morgan fingerprint density at radius 2 is 1.79 bits per heavy atom. The minimum absolute atomic E-state index is 0.00898. The number of thiophene rings is 1. The number of aliphatic hydroxyl groups is 1. The number of hydrogen-bond donors (Lipinski definition) is 1. The lowest BCUT2D eigenvalue weighted by Crippen LogP contribution is -2.42. The van der Waals surface area contributed by atoms with E-state index in [1.807, 2.05) is 26.0 Å². The van der Waals surface area contributed by atoms with Gasteiger partial charge in [0, 0.05) is 21.6 Å². The summed E-state index contributed by atoms with van der Waals surface area (Å²) in [6.07, 6.45) is -2.17. The SMILES string of the molecule is CCC(C1=C(O)C(=O)C(C(Cc2ccc(C(F)(F)F)cc2)CC2CC2)OC1=O)c1ccc(C)s1. The first-order valence-electron chi connectivity index (χ1n) is 11.5. The molecule has 1 N–H and O–H groups in total. The number of hydrogen-bond acceptors (Lipinski definition) is 5. The Morgan fingerprint density at radius 3 is 2.32 bits per heavy atom. The largest absolute Gasteiger partial charge is 0.504 e. The van der Waals surface area contributed by atoms with Crippen LogP contribution < -0.4 is 0 Å². The molecule has 0 radical (unpaired) electrons. The molecule has 1 aliphatic heterocycles. The van der Waals surface area contributed by atoms with E-state index in [1.54, 1.807) is 0 Å². The van der Waals surface area contributed by atoms with E-state index in [4.69, 9.17) is 4.74 Å². The molecule has 2 heterocycles. The fourth-order valence-corrected chi connectivity index (χ4v) is 5.70. The van der Waals surface area contributed by atoms with Crippen LogP contribution in [0.15, 0.2) is 47.7 Å². The topological polar surface area (TPSA) is 63.6 Å². The van der Waals surface area contributed by atoms with Gasteiger partial charge in [0.05, 0.1) is 11.1 Å². The van der Waals surface area contributed by atoms with Gasteiger partial charge in [0.25, 0.3) is 0 Å². The first-order chi connectivity index (χ1) is 16.1. The van der Waals surface area contributed by atoms with Gasteiger partial charge in [-0.2, -0.15) is 13.2 Å². The van der Waals surface area contributed by atoms with E-state index >= 15 is 0 Å². The van der Waals surface area contributed by atoms with Crippen molar-refractivity contribution in [1.29, 1.82) is 0 Å². The lowest BCUT2D eigenvalue weighted by Gasteiger charge is -2.31. The molecule has 8 heteroatoms. The quantitative estimate of drug-likeness (QED) is 0.425. The Labute approximate surface area is 200 Å². The zero-order chi connectivity index (χ0) is 24.6. The highest BCUT2D eigenvalue weighted by Gasteiger charge is 2.45. The van der Waals surface area contributed by atoms with Gasteiger partial charge in [-0.15, -0.1) is 11.3 Å². The molecule has 3 atom stereocenters. The summed E-state index contributed by atoms with van der Waals surface area (Å²) in [5.74, 6) is -2.35. The Balaban J connectivity index is 1.59. The van der Waals surface area contributed by atoms with Crippen molar-refractivity contribution in [2.24, 2.45) is 11.8 Å². The van der Waals surface area contributed by atoms with Gasteiger partial charge in [0.2, 0.25) is 5.78 Å². The monoisotopic (exact) mass is 492 g/mol. The van der Waals surface area contributed by atoms with E-state index < -0.39 is 47.2 Å². The summed E-state index contributed by atoms with van der Waals surface area (Å²) in [6.45, 7) is 3.82. The maximum absolute atomic E-state index is 13.2. The van der Waals surface area contributed by atoms with E-state index in [0.717, 1.165) is 34.7 Å². The van der Waals surface area contributed by atoms with Crippen molar-refractivity contribution in [1.82, 2.24) is 0 Å². The predicted octanol–water partition coefficient (Wildman–Crippen LogP) is 6.53. The molecule has 182 valence electrons. The summed E-state index contributed by atoms with van der Waals surface area (Å²) in [4.78, 5) is 28.2. The van der Waals surface area contributed by atoms with E-state index in [1.165, 1.54) is 23.5 Å². The molecule has 0 saturated heterocycles. The van der Waals surface area contributed by atoms with Gasteiger partial charge in [0.1, 0.15) is 0 Å². The number of benzene rings is 1. The van der Waals surface area contributed by atoms with E-state index in [2.05, 4.69) is 0 Å². The number of aliphatic hydroxyl groups excluding tert-OH is 1. The van der Waals surface area contributed by atoms with E-state index in [0.29, 0.717) is 24.3 Å². The highest BCUT2D eigenvalue weighted by Crippen LogP contribution is 2.42. The Morgan fingerprint density at radius 1 is 1.12 bits per heavy atom. The van der Waals surface area contributed by atoms with Crippen molar-refractivity contribution in [2.75, 3.05) is 0 Å². The third-order valence-corrected chi connectivity index (χ3v) is 7.72. The third-order valence-electron chi connectivity index (χ3n) is 6.60. The van der Waals surface area contributed by atoms with Gasteiger partial charge in [-0.25, -0.2) is 4.79 Å². The van der Waals surface area contributed by atoms with Crippen molar-refractivity contribution in [2.45, 2.75) is 64.1 Å². The first kappa shape index (κ1) is 24.5. The maximum Gasteiger partial charge on any atom is 0.416 e. The van der Waals surface area contributed by atoms with Crippen LogP contribution in [0.4, 0.5) is 13.2 Å². The second-order valence-electron chi connectivity index (χ2n) is 9.20. The second-order valence-corrected chi connectivity index (χ2v) is 10.5. The molecule has 1 fully saturated rings. The summed E-state index contributed by atoms with van der Waals surface area (Å²) in [5, 5.41) is 10.8. The number of esters is 1. The number of rotatable bonds is 8. The number of ether oxygens (including phenoxy) is 1. The second kappa shape index (κ2) is 9.56. The number of carbonyl (C=O) groups excluding carboxylic acids is 2. The molecule has 0 bridgehead atoms. The van der Waals surface area contributed by atoms with Crippen molar-refractivity contribution in [3.8, 4) is 0 Å². The smallest absolute Gasteiger partial charge is 0.416 e. The molecule has 4 rings (SSSR count). The number of ketones is 1. The molecular formula is C26H27F3O4S. The summed E-state index contributed by atoms with van der Waals surface area (Å²) in [7, 11) is 0. The zero-order valence-electron chi connectivity index (χ0n) is 19.0. The molecule has 1 aliphatic carbocycles. The van der Waals surface area contributed by atoms with Crippen LogP contribution in [0.5, 0.6) is 0 Å². The molecule has 2 aromatic rings. The number of halogens is 3. The molecule has 3 unspecified atom stereocenters.